The lowest BCUT2D eigenvalue weighted by Gasteiger charge is -2.41. The van der Waals surface area contributed by atoms with E-state index >= 15 is 0 Å². The SMILES string of the molecule is CCN1C(=CC2C(=[NH+]CCCN)C(=Cc3sc4ccccc4[n+]3CC)C2[O-])Sc2ccccc21.O=C([O-])C(F)(F)F. The lowest BCUT2D eigenvalue weighted by atomic mass is 9.74. The highest BCUT2D eigenvalue weighted by Gasteiger charge is 2.41. The third kappa shape index (κ3) is 6.66. The maximum absolute atomic E-state index is 13.5. The Hall–Kier alpha value is -3.19. The molecule has 3 aromatic rings. The number of nitrogens with zero attached hydrogens (tertiary/aromatic N) is 2. The van der Waals surface area contributed by atoms with Crippen LogP contribution in [0.4, 0.5) is 18.9 Å². The maximum atomic E-state index is 13.5. The van der Waals surface area contributed by atoms with E-state index in [2.05, 4.69) is 89.0 Å². The number of alkyl halides is 3. The molecule has 2 heterocycles. The van der Waals surface area contributed by atoms with Crippen molar-refractivity contribution in [2.45, 2.75) is 44.0 Å². The number of nitrogens with two attached hydrogens (primary N) is 1. The number of anilines is 1. The van der Waals surface area contributed by atoms with Gasteiger partial charge in [0.15, 0.2) is 5.71 Å². The van der Waals surface area contributed by atoms with Gasteiger partial charge in [0.25, 0.3) is 5.01 Å². The number of nitrogens with one attached hydrogen (secondary N) is 1. The molecule has 7 nitrogen and oxygen atoms in total. The van der Waals surface area contributed by atoms with Crippen LogP contribution in [0.1, 0.15) is 25.3 Å². The summed E-state index contributed by atoms with van der Waals surface area (Å²) < 4.78 is 35.1. The molecule has 0 amide bonds. The number of aromatic nitrogens is 1. The highest BCUT2D eigenvalue weighted by atomic mass is 32.2. The summed E-state index contributed by atoms with van der Waals surface area (Å²) in [6.45, 7) is 7.47. The van der Waals surface area contributed by atoms with E-state index in [9.17, 15) is 18.3 Å². The normalized spacial score (nSPS) is 21.2. The van der Waals surface area contributed by atoms with Crippen LogP contribution in [-0.4, -0.2) is 43.6 Å². The second kappa shape index (κ2) is 13.2. The van der Waals surface area contributed by atoms with Gasteiger partial charge in [-0.05, 0) is 44.7 Å². The molecule has 5 rings (SSSR count). The zero-order valence-corrected chi connectivity index (χ0v) is 24.2. The van der Waals surface area contributed by atoms with Gasteiger partial charge in [0.1, 0.15) is 23.8 Å². The smallest absolute Gasteiger partial charge is 0.430 e. The van der Waals surface area contributed by atoms with Crippen molar-refractivity contribution in [2.24, 2.45) is 11.7 Å². The molecule has 1 aromatic heterocycles. The van der Waals surface area contributed by atoms with Crippen LogP contribution in [-0.2, 0) is 11.3 Å². The van der Waals surface area contributed by atoms with Gasteiger partial charge in [-0.15, -0.1) is 0 Å². The topological polar surface area (TPSA) is 110 Å². The van der Waals surface area contributed by atoms with Crippen LogP contribution in [0, 0.1) is 5.92 Å². The first-order valence-electron chi connectivity index (χ1n) is 13.2. The van der Waals surface area contributed by atoms with Crippen molar-refractivity contribution < 1.29 is 37.7 Å². The summed E-state index contributed by atoms with van der Waals surface area (Å²) in [5.41, 5.74) is 10.1. The van der Waals surface area contributed by atoms with Gasteiger partial charge in [-0.1, -0.05) is 53.5 Å². The standard InChI is InChI=1S/C27H30N4OS2.C2HF3O2/c1-3-30-20-10-5-7-12-22(20)33-24(30)16-18-26(29-15-9-14-28)19(27(18)32)17-25-31(4-2)21-11-6-8-13-23(21)34-25;3-2(4,5)1(6)7/h5-8,10-13,16-18,27H,3-4,9,14-15,28H2,1-2H3;(H,6,7). The number of hydrogen-bond acceptors (Lipinski definition) is 7. The summed E-state index contributed by atoms with van der Waals surface area (Å²) in [7, 11) is 0. The minimum atomic E-state index is -5.19. The monoisotopic (exact) mass is 604 g/mol. The second-order valence-corrected chi connectivity index (χ2v) is 11.4. The van der Waals surface area contributed by atoms with Crippen molar-refractivity contribution in [3.8, 4) is 0 Å². The zero-order chi connectivity index (χ0) is 29.7. The van der Waals surface area contributed by atoms with Gasteiger partial charge in [-0.3, -0.25) is 0 Å². The van der Waals surface area contributed by atoms with E-state index in [1.165, 1.54) is 20.8 Å². The quantitative estimate of drug-likeness (QED) is 0.313. The molecule has 1 saturated carbocycles. The number of fused-ring (bicyclic) bond motifs is 2. The molecule has 218 valence electrons. The first-order chi connectivity index (χ1) is 19.6. The van der Waals surface area contributed by atoms with E-state index < -0.39 is 18.2 Å². The molecule has 1 aliphatic heterocycles. The second-order valence-electron chi connectivity index (χ2n) is 9.29. The number of thioether (sulfide) groups is 1. The van der Waals surface area contributed by atoms with Gasteiger partial charge in [0.05, 0.1) is 16.6 Å². The van der Waals surface area contributed by atoms with Gasteiger partial charge >= 0.3 is 6.18 Å². The summed E-state index contributed by atoms with van der Waals surface area (Å²) in [6.07, 6.45) is -0.818. The molecule has 0 saturated heterocycles. The number of benzene rings is 2. The third-order valence-corrected chi connectivity index (χ3v) is 8.95. The molecule has 0 radical (unpaired) electrons. The van der Waals surface area contributed by atoms with Gasteiger partial charge in [0.2, 0.25) is 5.52 Å². The Balaban J connectivity index is 0.000000493. The molecule has 1 aliphatic carbocycles. The molecule has 2 unspecified atom stereocenters. The summed E-state index contributed by atoms with van der Waals surface area (Å²) in [5.74, 6) is -3.17. The van der Waals surface area contributed by atoms with Gasteiger partial charge in [-0.2, -0.15) is 17.7 Å². The number of aliphatic carboxylic acids is 1. The van der Waals surface area contributed by atoms with Gasteiger partial charge < -0.3 is 25.6 Å². The highest BCUT2D eigenvalue weighted by Crippen LogP contribution is 2.47. The summed E-state index contributed by atoms with van der Waals surface area (Å²) in [4.78, 5) is 15.9. The van der Waals surface area contributed by atoms with Crippen LogP contribution in [0.2, 0.25) is 0 Å². The fraction of sp³-hybridized carbons (Fsp3) is 0.345. The Morgan fingerprint density at radius 2 is 1.85 bits per heavy atom. The van der Waals surface area contributed by atoms with Crippen molar-refractivity contribution in [2.75, 3.05) is 24.5 Å². The van der Waals surface area contributed by atoms with Crippen molar-refractivity contribution in [3.63, 3.8) is 0 Å². The predicted octanol–water partition coefficient (Wildman–Crippen LogP) is 1.59. The fourth-order valence-electron chi connectivity index (χ4n) is 4.75. The number of aryl methyl sites for hydroxylation is 1. The molecule has 0 spiro atoms. The third-order valence-electron chi connectivity index (χ3n) is 6.71. The fourth-order valence-corrected chi connectivity index (χ4v) is 7.13. The van der Waals surface area contributed by atoms with Crippen molar-refractivity contribution in [3.05, 3.63) is 70.2 Å². The lowest BCUT2D eigenvalue weighted by Crippen LogP contribution is -2.80. The summed E-state index contributed by atoms with van der Waals surface area (Å²) >= 11 is 3.51. The van der Waals surface area contributed by atoms with E-state index in [-0.39, 0.29) is 5.92 Å². The molecular weight excluding hydrogens is 573 g/mol. The number of hydrogen-bond donors (Lipinski definition) is 2. The van der Waals surface area contributed by atoms with Crippen LogP contribution in [0.5, 0.6) is 0 Å². The van der Waals surface area contributed by atoms with Gasteiger partial charge in [0, 0.05) is 35.6 Å². The minimum absolute atomic E-state index is 0.167. The maximum Gasteiger partial charge on any atom is 0.430 e. The van der Waals surface area contributed by atoms with Crippen LogP contribution in [0.3, 0.4) is 0 Å². The average molecular weight is 605 g/mol. The number of carbonyl (C=O) groups is 1. The molecule has 0 bridgehead atoms. The molecule has 2 aromatic carbocycles. The van der Waals surface area contributed by atoms with E-state index in [0.717, 1.165) is 47.4 Å². The van der Waals surface area contributed by atoms with E-state index in [1.807, 2.05) is 0 Å². The number of halogens is 3. The first kappa shape index (κ1) is 30.8. The number of carboxylic acid groups (broad SMARTS) is 1. The number of rotatable bonds is 7. The zero-order valence-electron chi connectivity index (χ0n) is 22.6. The molecule has 41 heavy (non-hydrogen) atoms. The average Bonchev–Trinajstić information content (AvgIpc) is 3.50. The van der Waals surface area contributed by atoms with E-state index in [0.29, 0.717) is 6.54 Å². The largest absolute Gasteiger partial charge is 0.848 e. The number of carboxylic acids is 1. The Bertz CT molecular complexity index is 1500. The van der Waals surface area contributed by atoms with Crippen molar-refractivity contribution >= 4 is 56.8 Å². The van der Waals surface area contributed by atoms with Crippen LogP contribution in [0.15, 0.2) is 70.1 Å². The molecule has 2 aliphatic rings. The van der Waals surface area contributed by atoms with Crippen LogP contribution < -0.4 is 30.4 Å². The molecule has 1 fully saturated rings. The number of thiazole rings is 1. The Labute approximate surface area is 244 Å². The molecule has 3 N–H and O–H groups in total. The van der Waals surface area contributed by atoms with E-state index in [1.54, 1.807) is 23.1 Å². The van der Waals surface area contributed by atoms with Crippen molar-refractivity contribution in [1.29, 1.82) is 0 Å². The van der Waals surface area contributed by atoms with Crippen LogP contribution >= 0.6 is 23.1 Å². The Morgan fingerprint density at radius 1 is 1.17 bits per heavy atom. The number of carbonyl (C=O) groups excluding carboxylic acids is 1. The van der Waals surface area contributed by atoms with Crippen molar-refractivity contribution in [1.82, 2.24) is 0 Å². The summed E-state index contributed by atoms with van der Waals surface area (Å²) in [6, 6.07) is 16.9. The van der Waals surface area contributed by atoms with Gasteiger partial charge in [-0.25, -0.2) is 4.99 Å². The van der Waals surface area contributed by atoms with E-state index in [4.69, 9.17) is 15.6 Å². The number of para-hydroxylation sites is 2. The predicted molar refractivity (Wildman–Crippen MR) is 152 cm³/mol. The molecular formula is C29H31F3N4O3S2. The Morgan fingerprint density at radius 3 is 2.51 bits per heavy atom. The minimum Gasteiger partial charge on any atom is -0.848 e. The van der Waals surface area contributed by atoms with Crippen LogP contribution in [0.25, 0.3) is 16.3 Å². The Kier molecular flexibility index (Phi) is 9.90. The molecule has 2 atom stereocenters. The molecule has 12 heteroatoms. The highest BCUT2D eigenvalue weighted by molar-refractivity contribution is 8.03. The lowest BCUT2D eigenvalue weighted by molar-refractivity contribution is -0.665. The first-order valence-corrected chi connectivity index (χ1v) is 14.9. The summed E-state index contributed by atoms with van der Waals surface area (Å²) in [5, 5.41) is 24.6.